The van der Waals surface area contributed by atoms with E-state index in [2.05, 4.69) is 4.90 Å². The van der Waals surface area contributed by atoms with E-state index in [0.29, 0.717) is 5.76 Å². The summed E-state index contributed by atoms with van der Waals surface area (Å²) in [7, 11) is 2.04. The minimum absolute atomic E-state index is 0. The molecule has 22 heavy (non-hydrogen) atoms. The van der Waals surface area contributed by atoms with Crippen molar-refractivity contribution in [2.45, 2.75) is 19.9 Å². The van der Waals surface area contributed by atoms with Gasteiger partial charge in [0, 0.05) is 34.6 Å². The summed E-state index contributed by atoms with van der Waals surface area (Å²) in [6, 6.07) is 3.69. The molecule has 0 bridgehead atoms. The van der Waals surface area contributed by atoms with Gasteiger partial charge in [0.25, 0.3) is 0 Å². The second-order valence-corrected chi connectivity index (χ2v) is 5.87. The number of halogens is 2. The second kappa shape index (κ2) is 6.32. The molecule has 1 aromatic carbocycles. The summed E-state index contributed by atoms with van der Waals surface area (Å²) in [5.41, 5.74) is 3.13. The molecule has 0 amide bonds. The molecule has 118 valence electrons. The lowest BCUT2D eigenvalue weighted by Crippen LogP contribution is -2.18. The molecule has 1 aliphatic heterocycles. The maximum Gasteiger partial charge on any atom is 0.331 e. The summed E-state index contributed by atoms with van der Waals surface area (Å²) in [4.78, 5) is 13.2. The van der Waals surface area contributed by atoms with Crippen LogP contribution in [0.1, 0.15) is 23.8 Å². The quantitative estimate of drug-likeness (QED) is 0.839. The number of carbonyl (C=O) groups is 1. The SMILES string of the molecule is C/C(=C\c1oc2ccc(Cl)c3c2c1CN(C)CC3)C(=O)O.Cl. The Bertz CT molecular complexity index is 764. The molecule has 0 fully saturated rings. The van der Waals surface area contributed by atoms with Gasteiger partial charge < -0.3 is 14.4 Å². The highest BCUT2D eigenvalue weighted by atomic mass is 35.5. The monoisotopic (exact) mass is 341 g/mol. The lowest BCUT2D eigenvalue weighted by atomic mass is 10.0. The minimum atomic E-state index is -0.942. The number of hydrogen-bond donors (Lipinski definition) is 1. The predicted molar refractivity (Wildman–Crippen MR) is 89.8 cm³/mol. The van der Waals surface area contributed by atoms with Gasteiger partial charge in [-0.1, -0.05) is 11.6 Å². The maximum absolute atomic E-state index is 11.0. The Labute approximate surface area is 139 Å². The van der Waals surface area contributed by atoms with Crippen LogP contribution in [0.3, 0.4) is 0 Å². The summed E-state index contributed by atoms with van der Waals surface area (Å²) in [5.74, 6) is -0.329. The van der Waals surface area contributed by atoms with Crippen molar-refractivity contribution in [2.75, 3.05) is 13.6 Å². The third kappa shape index (κ3) is 2.86. The zero-order valence-electron chi connectivity index (χ0n) is 12.4. The fraction of sp³-hybridized carbons (Fsp3) is 0.312. The highest BCUT2D eigenvalue weighted by molar-refractivity contribution is 6.32. The van der Waals surface area contributed by atoms with Crippen LogP contribution in [0, 0.1) is 0 Å². The third-order valence-electron chi connectivity index (χ3n) is 3.89. The molecule has 1 N–H and O–H groups in total. The Morgan fingerprint density at radius 1 is 1.41 bits per heavy atom. The normalized spacial score (nSPS) is 15.5. The molecule has 0 spiro atoms. The van der Waals surface area contributed by atoms with Crippen LogP contribution in [0.5, 0.6) is 0 Å². The van der Waals surface area contributed by atoms with Gasteiger partial charge in [0.2, 0.25) is 0 Å². The number of benzene rings is 1. The minimum Gasteiger partial charge on any atom is -0.478 e. The van der Waals surface area contributed by atoms with E-state index in [1.807, 2.05) is 19.2 Å². The van der Waals surface area contributed by atoms with Crippen molar-refractivity contribution in [3.8, 4) is 0 Å². The molecular formula is C16H17Cl2NO3. The van der Waals surface area contributed by atoms with Crippen LogP contribution in [-0.4, -0.2) is 29.6 Å². The van der Waals surface area contributed by atoms with E-state index in [0.717, 1.165) is 46.6 Å². The standard InChI is InChI=1S/C16H16ClNO3.ClH/c1-9(16(19)20)7-14-11-8-18(2)6-5-10-12(17)3-4-13(21-14)15(10)11;/h3-4,7H,5-6,8H2,1-2H3,(H,19,20);1H/b9-7+;. The molecule has 0 aliphatic carbocycles. The van der Waals surface area contributed by atoms with Crippen LogP contribution in [0.15, 0.2) is 22.1 Å². The molecule has 0 atom stereocenters. The van der Waals surface area contributed by atoms with Crippen LogP contribution < -0.4 is 0 Å². The van der Waals surface area contributed by atoms with Crippen molar-refractivity contribution in [2.24, 2.45) is 0 Å². The summed E-state index contributed by atoms with van der Waals surface area (Å²) in [6.07, 6.45) is 2.45. The Balaban J connectivity index is 0.00000176. The van der Waals surface area contributed by atoms with Gasteiger partial charge in [0.1, 0.15) is 11.3 Å². The molecule has 0 unspecified atom stereocenters. The van der Waals surface area contributed by atoms with E-state index >= 15 is 0 Å². The first-order valence-electron chi connectivity index (χ1n) is 6.80. The first-order chi connectivity index (χ1) is 9.97. The largest absolute Gasteiger partial charge is 0.478 e. The molecule has 1 aromatic heterocycles. The van der Waals surface area contributed by atoms with E-state index in [1.54, 1.807) is 13.0 Å². The van der Waals surface area contributed by atoms with Crippen LogP contribution in [-0.2, 0) is 17.8 Å². The molecule has 6 heteroatoms. The molecule has 0 saturated carbocycles. The van der Waals surface area contributed by atoms with Gasteiger partial charge in [-0.2, -0.15) is 0 Å². The molecule has 2 aromatic rings. The van der Waals surface area contributed by atoms with Crippen LogP contribution in [0.25, 0.3) is 17.0 Å². The van der Waals surface area contributed by atoms with E-state index in [1.165, 1.54) is 0 Å². The Kier molecular flexibility index (Phi) is 4.85. The lowest BCUT2D eigenvalue weighted by Gasteiger charge is -2.13. The summed E-state index contributed by atoms with van der Waals surface area (Å²) in [6.45, 7) is 3.20. The van der Waals surface area contributed by atoms with Gasteiger partial charge in [0.15, 0.2) is 0 Å². The van der Waals surface area contributed by atoms with Crippen molar-refractivity contribution in [1.82, 2.24) is 4.90 Å². The topological polar surface area (TPSA) is 53.7 Å². The highest BCUT2D eigenvalue weighted by Gasteiger charge is 2.22. The number of rotatable bonds is 2. The molecular weight excluding hydrogens is 325 g/mol. The summed E-state index contributed by atoms with van der Waals surface area (Å²) in [5, 5.41) is 10.8. The zero-order chi connectivity index (χ0) is 15.1. The number of likely N-dealkylation sites (N-methyl/N-ethyl adjacent to an activating group) is 1. The Hall–Kier alpha value is -1.49. The van der Waals surface area contributed by atoms with E-state index < -0.39 is 5.97 Å². The van der Waals surface area contributed by atoms with Gasteiger partial charge >= 0.3 is 5.97 Å². The Morgan fingerprint density at radius 2 is 2.14 bits per heavy atom. The van der Waals surface area contributed by atoms with Crippen molar-refractivity contribution >= 4 is 47.0 Å². The number of aliphatic carboxylic acids is 1. The fourth-order valence-corrected chi connectivity index (χ4v) is 3.00. The van der Waals surface area contributed by atoms with E-state index in [-0.39, 0.29) is 18.0 Å². The first-order valence-corrected chi connectivity index (χ1v) is 7.18. The average molecular weight is 342 g/mol. The van der Waals surface area contributed by atoms with Crippen molar-refractivity contribution in [3.63, 3.8) is 0 Å². The van der Waals surface area contributed by atoms with Crippen molar-refractivity contribution in [1.29, 1.82) is 0 Å². The summed E-state index contributed by atoms with van der Waals surface area (Å²) >= 11 is 6.33. The number of furan rings is 1. The predicted octanol–water partition coefficient (Wildman–Crippen LogP) is 3.98. The Morgan fingerprint density at radius 3 is 2.82 bits per heavy atom. The molecule has 2 heterocycles. The van der Waals surface area contributed by atoms with Crippen molar-refractivity contribution in [3.05, 3.63) is 39.6 Å². The number of carboxylic acids is 1. The van der Waals surface area contributed by atoms with E-state index in [4.69, 9.17) is 21.1 Å². The smallest absolute Gasteiger partial charge is 0.331 e. The number of carboxylic acid groups (broad SMARTS) is 1. The molecule has 4 nitrogen and oxygen atoms in total. The van der Waals surface area contributed by atoms with Crippen LogP contribution >= 0.6 is 24.0 Å². The highest BCUT2D eigenvalue weighted by Crippen LogP contribution is 2.36. The van der Waals surface area contributed by atoms with Gasteiger partial charge in [0.05, 0.1) is 0 Å². The van der Waals surface area contributed by atoms with E-state index in [9.17, 15) is 4.79 Å². The van der Waals surface area contributed by atoms with Crippen LogP contribution in [0.4, 0.5) is 0 Å². The first kappa shape index (κ1) is 16.9. The van der Waals surface area contributed by atoms with Gasteiger partial charge in [-0.25, -0.2) is 4.79 Å². The molecule has 1 aliphatic rings. The molecule has 0 saturated heterocycles. The second-order valence-electron chi connectivity index (χ2n) is 5.46. The van der Waals surface area contributed by atoms with Crippen molar-refractivity contribution < 1.29 is 14.3 Å². The van der Waals surface area contributed by atoms with Gasteiger partial charge in [-0.3, -0.25) is 0 Å². The summed E-state index contributed by atoms with van der Waals surface area (Å²) < 4.78 is 5.87. The molecule has 3 rings (SSSR count). The number of nitrogens with zero attached hydrogens (tertiary/aromatic N) is 1. The molecule has 0 radical (unpaired) electrons. The zero-order valence-corrected chi connectivity index (χ0v) is 13.9. The third-order valence-corrected chi connectivity index (χ3v) is 4.25. The lowest BCUT2D eigenvalue weighted by molar-refractivity contribution is -0.132. The maximum atomic E-state index is 11.0. The van der Waals surface area contributed by atoms with Gasteiger partial charge in [-0.05, 0) is 44.2 Å². The average Bonchev–Trinajstić information content (AvgIpc) is 2.64. The number of hydrogen-bond acceptors (Lipinski definition) is 3. The van der Waals surface area contributed by atoms with Gasteiger partial charge in [-0.15, -0.1) is 12.4 Å². The fourth-order valence-electron chi connectivity index (χ4n) is 2.75. The van der Waals surface area contributed by atoms with Crippen LogP contribution in [0.2, 0.25) is 5.02 Å².